The Labute approximate surface area is 118 Å². The predicted molar refractivity (Wildman–Crippen MR) is 72.3 cm³/mol. The predicted octanol–water partition coefficient (Wildman–Crippen LogP) is 2.51. The Morgan fingerprint density at radius 3 is 1.52 bits per heavy atom. The third-order valence-corrected chi connectivity index (χ3v) is 3.00. The Balaban J connectivity index is 2.59. The van der Waals surface area contributed by atoms with Crippen LogP contribution in [0.2, 0.25) is 0 Å². The number of hydrogen-bond donors (Lipinski definition) is 2. The molecule has 0 bridgehead atoms. The van der Waals surface area contributed by atoms with Crippen LogP contribution in [-0.2, 0) is 6.42 Å². The van der Waals surface area contributed by atoms with Gasteiger partial charge in [0.05, 0.1) is 21.0 Å². The van der Waals surface area contributed by atoms with Crippen LogP contribution in [0, 0.1) is 20.2 Å². The first-order chi connectivity index (χ1) is 9.91. The maximum atomic E-state index is 11.0. The van der Waals surface area contributed by atoms with Gasteiger partial charge in [0.1, 0.15) is 11.5 Å². The highest BCUT2D eigenvalue weighted by atomic mass is 16.6. The Hall–Kier alpha value is -3.16. The van der Waals surface area contributed by atoms with Crippen molar-refractivity contribution >= 4 is 11.4 Å². The lowest BCUT2D eigenvalue weighted by Crippen LogP contribution is -2.01. The van der Waals surface area contributed by atoms with Gasteiger partial charge in [-0.1, -0.05) is 12.1 Å². The molecule has 0 saturated carbocycles. The molecule has 2 N–H and O–H groups in total. The molecular formula is C13H10N2O6. The lowest BCUT2D eigenvalue weighted by atomic mass is 10.00. The average Bonchev–Trinajstić information content (AvgIpc) is 2.42. The van der Waals surface area contributed by atoms with Gasteiger partial charge < -0.3 is 10.2 Å². The van der Waals surface area contributed by atoms with E-state index in [1.54, 1.807) is 0 Å². The van der Waals surface area contributed by atoms with E-state index in [1.165, 1.54) is 36.4 Å². The van der Waals surface area contributed by atoms with Gasteiger partial charge in [0, 0.05) is 18.6 Å². The normalized spacial score (nSPS) is 10.3. The third-order valence-electron chi connectivity index (χ3n) is 3.00. The maximum absolute atomic E-state index is 11.0. The molecule has 2 aromatic carbocycles. The van der Waals surface area contributed by atoms with E-state index in [2.05, 4.69) is 0 Å². The van der Waals surface area contributed by atoms with E-state index < -0.39 is 9.85 Å². The van der Waals surface area contributed by atoms with E-state index in [-0.39, 0.29) is 40.4 Å². The van der Waals surface area contributed by atoms with Gasteiger partial charge in [-0.25, -0.2) is 0 Å². The van der Waals surface area contributed by atoms with Gasteiger partial charge in [-0.15, -0.1) is 0 Å². The van der Waals surface area contributed by atoms with Gasteiger partial charge >= 0.3 is 0 Å². The second-order valence-electron chi connectivity index (χ2n) is 4.24. The topological polar surface area (TPSA) is 127 Å². The zero-order chi connectivity index (χ0) is 15.6. The standard InChI is InChI=1S/C13H10N2O6/c16-12-5-1-3-10(14(18)19)8(12)7-9-11(15(20)21)4-2-6-13(9)17/h1-6,16-17H,7H2. The number of nitro groups is 2. The van der Waals surface area contributed by atoms with Gasteiger partial charge in [0.25, 0.3) is 11.4 Å². The summed E-state index contributed by atoms with van der Waals surface area (Å²) in [6.45, 7) is 0. The van der Waals surface area contributed by atoms with Crippen LogP contribution >= 0.6 is 0 Å². The molecule has 108 valence electrons. The highest BCUT2D eigenvalue weighted by Gasteiger charge is 2.24. The molecule has 0 aliphatic rings. The molecule has 0 spiro atoms. The molecule has 0 aliphatic heterocycles. The van der Waals surface area contributed by atoms with E-state index in [4.69, 9.17) is 0 Å². The molecule has 21 heavy (non-hydrogen) atoms. The molecule has 0 aliphatic carbocycles. The zero-order valence-electron chi connectivity index (χ0n) is 10.6. The minimum absolute atomic E-state index is 0.0906. The molecule has 0 fully saturated rings. The number of aromatic hydroxyl groups is 2. The maximum Gasteiger partial charge on any atom is 0.276 e. The zero-order valence-corrected chi connectivity index (χ0v) is 10.6. The minimum atomic E-state index is -0.694. The lowest BCUT2D eigenvalue weighted by molar-refractivity contribution is -0.386. The number of nitro benzene ring substituents is 2. The van der Waals surface area contributed by atoms with Crippen LogP contribution < -0.4 is 0 Å². The van der Waals surface area contributed by atoms with Crippen molar-refractivity contribution in [3.8, 4) is 11.5 Å². The van der Waals surface area contributed by atoms with Crippen molar-refractivity contribution in [3.63, 3.8) is 0 Å². The third kappa shape index (κ3) is 2.73. The second kappa shape index (κ2) is 5.45. The number of phenols is 2. The molecule has 0 aromatic heterocycles. The summed E-state index contributed by atoms with van der Waals surface area (Å²) in [5.41, 5.74) is -0.917. The fraction of sp³-hybridized carbons (Fsp3) is 0.0769. The SMILES string of the molecule is O=[N+]([O-])c1cccc(O)c1Cc1c(O)cccc1[N+](=O)[O-]. The summed E-state index contributed by atoms with van der Waals surface area (Å²) in [6, 6.07) is 7.45. The van der Waals surface area contributed by atoms with Crippen molar-refractivity contribution in [2.45, 2.75) is 6.42 Å². The highest BCUT2D eigenvalue weighted by Crippen LogP contribution is 2.35. The van der Waals surface area contributed by atoms with Crippen LogP contribution in [0.15, 0.2) is 36.4 Å². The van der Waals surface area contributed by atoms with Gasteiger partial charge in [-0.2, -0.15) is 0 Å². The van der Waals surface area contributed by atoms with Crippen LogP contribution in [0.25, 0.3) is 0 Å². The van der Waals surface area contributed by atoms with Crippen molar-refractivity contribution in [2.24, 2.45) is 0 Å². The molecule has 8 nitrogen and oxygen atoms in total. The van der Waals surface area contributed by atoms with Gasteiger partial charge in [0.15, 0.2) is 0 Å². The van der Waals surface area contributed by atoms with Crippen molar-refractivity contribution < 1.29 is 20.1 Å². The van der Waals surface area contributed by atoms with Crippen molar-refractivity contribution in [1.29, 1.82) is 0 Å². The smallest absolute Gasteiger partial charge is 0.276 e. The van der Waals surface area contributed by atoms with Crippen LogP contribution in [0.5, 0.6) is 11.5 Å². The van der Waals surface area contributed by atoms with E-state index in [1.807, 2.05) is 0 Å². The summed E-state index contributed by atoms with van der Waals surface area (Å²) >= 11 is 0. The van der Waals surface area contributed by atoms with E-state index in [0.29, 0.717) is 0 Å². The second-order valence-corrected chi connectivity index (χ2v) is 4.24. The number of nitrogens with zero attached hydrogens (tertiary/aromatic N) is 2. The molecule has 2 rings (SSSR count). The molecule has 0 unspecified atom stereocenters. The Bertz CT molecular complexity index is 667. The van der Waals surface area contributed by atoms with E-state index >= 15 is 0 Å². The molecule has 2 aromatic rings. The van der Waals surface area contributed by atoms with Gasteiger partial charge in [-0.3, -0.25) is 20.2 Å². The van der Waals surface area contributed by atoms with Crippen molar-refractivity contribution in [1.82, 2.24) is 0 Å². The van der Waals surface area contributed by atoms with Crippen LogP contribution in [0.3, 0.4) is 0 Å². The molecule has 0 heterocycles. The molecule has 0 atom stereocenters. The first kappa shape index (κ1) is 14.3. The fourth-order valence-electron chi connectivity index (χ4n) is 2.01. The molecule has 8 heteroatoms. The summed E-state index contributed by atoms with van der Waals surface area (Å²) in [6.07, 6.45) is -0.327. The fourth-order valence-corrected chi connectivity index (χ4v) is 2.01. The van der Waals surface area contributed by atoms with Crippen molar-refractivity contribution in [2.75, 3.05) is 0 Å². The Morgan fingerprint density at radius 2 is 1.19 bits per heavy atom. The van der Waals surface area contributed by atoms with Crippen LogP contribution in [0.4, 0.5) is 11.4 Å². The number of rotatable bonds is 4. The summed E-state index contributed by atoms with van der Waals surface area (Å²) in [7, 11) is 0. The van der Waals surface area contributed by atoms with E-state index in [0.717, 1.165) is 0 Å². The Morgan fingerprint density at radius 1 is 0.810 bits per heavy atom. The highest BCUT2D eigenvalue weighted by molar-refractivity contribution is 5.57. The molecule has 0 saturated heterocycles. The molecule has 0 radical (unpaired) electrons. The summed E-state index contributed by atoms with van der Waals surface area (Å²) < 4.78 is 0. The Kier molecular flexibility index (Phi) is 3.70. The van der Waals surface area contributed by atoms with E-state index in [9.17, 15) is 30.4 Å². The van der Waals surface area contributed by atoms with Gasteiger partial charge in [0.2, 0.25) is 0 Å². The summed E-state index contributed by atoms with van der Waals surface area (Å²) in [5.74, 6) is -0.719. The number of phenolic OH excluding ortho intramolecular Hbond substituents is 2. The number of hydrogen-bond acceptors (Lipinski definition) is 6. The lowest BCUT2D eigenvalue weighted by Gasteiger charge is -2.08. The number of benzene rings is 2. The average molecular weight is 290 g/mol. The van der Waals surface area contributed by atoms with Crippen LogP contribution in [0.1, 0.15) is 11.1 Å². The van der Waals surface area contributed by atoms with Gasteiger partial charge in [-0.05, 0) is 12.1 Å². The molecule has 0 amide bonds. The minimum Gasteiger partial charge on any atom is -0.507 e. The first-order valence-corrected chi connectivity index (χ1v) is 5.82. The monoisotopic (exact) mass is 290 g/mol. The van der Waals surface area contributed by atoms with Crippen LogP contribution in [-0.4, -0.2) is 20.1 Å². The van der Waals surface area contributed by atoms with Crippen molar-refractivity contribution in [3.05, 3.63) is 67.8 Å². The molecular weight excluding hydrogens is 280 g/mol. The first-order valence-electron chi connectivity index (χ1n) is 5.82. The summed E-state index contributed by atoms with van der Waals surface area (Å²) in [5, 5.41) is 41.5. The largest absolute Gasteiger partial charge is 0.507 e. The quantitative estimate of drug-likeness (QED) is 0.657. The summed E-state index contributed by atoms with van der Waals surface area (Å²) in [4.78, 5) is 20.5.